The fraction of sp³-hybridized carbons (Fsp3) is 0.217. The number of nitrogens with zero attached hydrogens (tertiary/aromatic N) is 2. The first-order valence-corrected chi connectivity index (χ1v) is 9.89. The van der Waals surface area contributed by atoms with Crippen LogP contribution in [0.1, 0.15) is 43.0 Å². The van der Waals surface area contributed by atoms with Crippen LogP contribution >= 0.6 is 0 Å². The molecule has 2 aromatic rings. The van der Waals surface area contributed by atoms with E-state index < -0.39 is 29.4 Å². The topological polar surface area (TPSA) is 98.8 Å². The van der Waals surface area contributed by atoms with Gasteiger partial charge < -0.3 is 10.2 Å². The summed E-state index contributed by atoms with van der Waals surface area (Å²) in [5.74, 6) is -1.35. The second kappa shape index (κ2) is 7.71. The number of fused-ring (bicyclic) bond motifs is 1. The van der Waals surface area contributed by atoms with E-state index in [9.17, 15) is 19.2 Å². The maximum Gasteiger partial charge on any atom is 0.344 e. The highest BCUT2D eigenvalue weighted by Gasteiger charge is 2.50. The van der Waals surface area contributed by atoms with Gasteiger partial charge in [-0.05, 0) is 29.7 Å². The first kappa shape index (κ1) is 20.3. The van der Waals surface area contributed by atoms with Gasteiger partial charge in [0.1, 0.15) is 5.54 Å². The quantitative estimate of drug-likeness (QED) is 0.745. The van der Waals surface area contributed by atoms with E-state index in [0.717, 1.165) is 11.1 Å². The lowest BCUT2D eigenvalue weighted by atomic mass is 9.92. The lowest BCUT2D eigenvalue weighted by Gasteiger charge is -2.32. The molecule has 0 bridgehead atoms. The summed E-state index contributed by atoms with van der Waals surface area (Å²) in [6.45, 7) is 3.01. The van der Waals surface area contributed by atoms with Crippen molar-refractivity contribution in [1.29, 1.82) is 0 Å². The maximum absolute atomic E-state index is 13.0. The Labute approximate surface area is 179 Å². The number of urea groups is 1. The molecule has 1 fully saturated rings. The Hall–Kier alpha value is -3.94. The Morgan fingerprint density at radius 1 is 1.06 bits per heavy atom. The van der Waals surface area contributed by atoms with E-state index in [4.69, 9.17) is 0 Å². The normalized spacial score (nSPS) is 22.2. The number of nitrogens with one attached hydrogen (secondary N) is 2. The molecule has 2 aliphatic rings. The molecule has 2 heterocycles. The summed E-state index contributed by atoms with van der Waals surface area (Å²) in [7, 11) is 0. The van der Waals surface area contributed by atoms with Crippen LogP contribution in [0, 0.1) is 0 Å². The van der Waals surface area contributed by atoms with Gasteiger partial charge in [-0.25, -0.2) is 4.79 Å². The molecule has 2 N–H and O–H groups in total. The number of hydrazine groups is 1. The Morgan fingerprint density at radius 3 is 2.45 bits per heavy atom. The van der Waals surface area contributed by atoms with Gasteiger partial charge in [0, 0.05) is 13.1 Å². The molecule has 0 unspecified atom stereocenters. The number of carbonyl (C=O) groups excluding carboxylic acids is 4. The van der Waals surface area contributed by atoms with Crippen molar-refractivity contribution in [1.82, 2.24) is 20.7 Å². The van der Waals surface area contributed by atoms with Crippen LogP contribution in [-0.4, -0.2) is 33.7 Å². The van der Waals surface area contributed by atoms with Crippen LogP contribution in [0.3, 0.4) is 0 Å². The molecule has 31 heavy (non-hydrogen) atoms. The highest BCUT2D eigenvalue weighted by molar-refractivity contribution is 6.08. The predicted octanol–water partition coefficient (Wildman–Crippen LogP) is 2.45. The van der Waals surface area contributed by atoms with Crippen molar-refractivity contribution in [2.24, 2.45) is 0 Å². The van der Waals surface area contributed by atoms with Crippen LogP contribution in [0.4, 0.5) is 4.79 Å². The van der Waals surface area contributed by atoms with Crippen LogP contribution in [0.2, 0.25) is 0 Å². The van der Waals surface area contributed by atoms with E-state index in [0.29, 0.717) is 10.6 Å². The first-order valence-electron chi connectivity index (χ1n) is 9.89. The number of benzene rings is 2. The van der Waals surface area contributed by atoms with Gasteiger partial charge in [-0.15, -0.1) is 0 Å². The van der Waals surface area contributed by atoms with E-state index in [-0.39, 0.29) is 12.3 Å². The molecule has 0 radical (unpaired) electrons. The molecule has 2 aromatic carbocycles. The third-order valence-electron chi connectivity index (χ3n) is 5.63. The minimum Gasteiger partial charge on any atom is -0.318 e. The van der Waals surface area contributed by atoms with Crippen LogP contribution in [0.15, 0.2) is 60.8 Å². The zero-order valence-electron chi connectivity index (χ0n) is 17.2. The summed E-state index contributed by atoms with van der Waals surface area (Å²) in [6.07, 6.45) is 3.34. The van der Waals surface area contributed by atoms with Gasteiger partial charge in [-0.3, -0.25) is 19.8 Å². The molecule has 8 heteroatoms. The number of amides is 5. The van der Waals surface area contributed by atoms with Gasteiger partial charge in [0.2, 0.25) is 11.8 Å². The zero-order valence-corrected chi connectivity index (χ0v) is 17.2. The predicted molar refractivity (Wildman–Crippen MR) is 113 cm³/mol. The molecular weight excluding hydrogens is 396 g/mol. The first-order chi connectivity index (χ1) is 14.8. The summed E-state index contributed by atoms with van der Waals surface area (Å²) in [4.78, 5) is 51.9. The summed E-state index contributed by atoms with van der Waals surface area (Å²) in [5, 5.41) is 3.35. The van der Waals surface area contributed by atoms with Crippen LogP contribution in [0.5, 0.6) is 0 Å². The number of hydrogen-bond acceptors (Lipinski definition) is 4. The van der Waals surface area contributed by atoms with Crippen molar-refractivity contribution >= 4 is 29.8 Å². The lowest BCUT2D eigenvalue weighted by Crippen LogP contribution is -2.48. The molecule has 0 aliphatic carbocycles. The van der Waals surface area contributed by atoms with Gasteiger partial charge in [0.05, 0.1) is 12.5 Å². The zero-order chi connectivity index (χ0) is 22.2. The Kier molecular flexibility index (Phi) is 5.06. The third kappa shape index (κ3) is 3.56. The minimum absolute atomic E-state index is 0.111. The largest absolute Gasteiger partial charge is 0.344 e. The van der Waals surface area contributed by atoms with Crippen LogP contribution < -0.4 is 10.7 Å². The average molecular weight is 418 g/mol. The fourth-order valence-corrected chi connectivity index (χ4v) is 3.97. The molecule has 2 atom stereocenters. The van der Waals surface area contributed by atoms with Gasteiger partial charge in [-0.1, -0.05) is 54.6 Å². The second-order valence-corrected chi connectivity index (χ2v) is 7.69. The molecule has 8 nitrogen and oxygen atoms in total. The highest BCUT2D eigenvalue weighted by Crippen LogP contribution is 2.33. The minimum atomic E-state index is -1.28. The van der Waals surface area contributed by atoms with E-state index >= 15 is 0 Å². The van der Waals surface area contributed by atoms with Crippen molar-refractivity contribution in [3.05, 3.63) is 77.5 Å². The standard InChI is InChI=1S/C23H22N4O4/c1-15(28)26-13-12-16-8-6-7-11-18(16)19(26)14-20(29)25-27-21(30)23(2,24-22(27)31)17-9-4-3-5-10-17/h3-13,19H,14H2,1-2H3,(H,24,31)(H,25,29)/t19-,23-/m0/s1. The molecule has 0 saturated carbocycles. The summed E-state index contributed by atoms with van der Waals surface area (Å²) >= 11 is 0. The Balaban J connectivity index is 1.53. The van der Waals surface area contributed by atoms with Crippen LogP contribution in [0.25, 0.3) is 6.08 Å². The molecule has 2 aliphatic heterocycles. The van der Waals surface area contributed by atoms with E-state index in [1.807, 2.05) is 36.4 Å². The number of imide groups is 1. The van der Waals surface area contributed by atoms with Gasteiger partial charge in [0.25, 0.3) is 5.91 Å². The summed E-state index contributed by atoms with van der Waals surface area (Å²) in [6, 6.07) is 15.0. The van der Waals surface area contributed by atoms with Crippen molar-refractivity contribution in [2.45, 2.75) is 31.8 Å². The lowest BCUT2D eigenvalue weighted by molar-refractivity contribution is -0.140. The SMILES string of the molecule is CC(=O)N1C=Cc2ccccc2[C@@H]1CC(=O)NN1C(=O)N[C@@](C)(c2ccccc2)C1=O. The van der Waals surface area contributed by atoms with E-state index in [2.05, 4.69) is 10.7 Å². The summed E-state index contributed by atoms with van der Waals surface area (Å²) in [5.41, 5.74) is 3.47. The molecule has 0 aromatic heterocycles. The fourth-order valence-electron chi connectivity index (χ4n) is 3.97. The Bertz CT molecular complexity index is 1100. The van der Waals surface area contributed by atoms with Crippen molar-refractivity contribution in [3.8, 4) is 0 Å². The number of carbonyl (C=O) groups is 4. The molecule has 158 valence electrons. The maximum atomic E-state index is 13.0. The third-order valence-corrected chi connectivity index (χ3v) is 5.63. The van der Waals surface area contributed by atoms with Crippen molar-refractivity contribution in [3.63, 3.8) is 0 Å². The molecule has 0 spiro atoms. The highest BCUT2D eigenvalue weighted by atomic mass is 16.2. The second-order valence-electron chi connectivity index (χ2n) is 7.69. The monoisotopic (exact) mass is 418 g/mol. The molecule has 1 saturated heterocycles. The average Bonchev–Trinajstić information content (AvgIpc) is 2.98. The number of hydrogen-bond donors (Lipinski definition) is 2. The summed E-state index contributed by atoms with van der Waals surface area (Å²) < 4.78 is 0. The molecular formula is C23H22N4O4. The Morgan fingerprint density at radius 2 is 1.74 bits per heavy atom. The van der Waals surface area contributed by atoms with Gasteiger partial charge in [-0.2, -0.15) is 5.01 Å². The van der Waals surface area contributed by atoms with Gasteiger partial charge in [0.15, 0.2) is 0 Å². The molecule has 4 rings (SSSR count). The van der Waals surface area contributed by atoms with E-state index in [1.54, 1.807) is 37.4 Å². The smallest absolute Gasteiger partial charge is 0.318 e. The van der Waals surface area contributed by atoms with E-state index in [1.165, 1.54) is 11.8 Å². The van der Waals surface area contributed by atoms with Crippen molar-refractivity contribution in [2.75, 3.05) is 0 Å². The molecule has 5 amide bonds. The number of rotatable bonds is 4. The van der Waals surface area contributed by atoms with Gasteiger partial charge >= 0.3 is 6.03 Å². The van der Waals surface area contributed by atoms with Crippen LogP contribution in [-0.2, 0) is 19.9 Å². The van der Waals surface area contributed by atoms with Crippen molar-refractivity contribution < 1.29 is 19.2 Å².